The lowest BCUT2D eigenvalue weighted by Gasteiger charge is -2.05. The maximum atomic E-state index is 8.80. The number of rotatable bonds is 1. The lowest BCUT2D eigenvalue weighted by molar-refractivity contribution is 0.412. The maximum Gasteiger partial charge on any atom is 0.119 e. The molecular weight excluding hydrogens is 396 g/mol. The van der Waals surface area contributed by atoms with Crippen LogP contribution in [-0.2, 0) is 0 Å². The lowest BCUT2D eigenvalue weighted by Crippen LogP contribution is -1.93. The van der Waals surface area contributed by atoms with E-state index in [0.29, 0.717) is 22.0 Å². The molecule has 0 unspecified atom stereocenters. The van der Waals surface area contributed by atoms with E-state index in [-0.39, 0.29) is 5.75 Å². The fourth-order valence-corrected chi connectivity index (χ4v) is 1.13. The van der Waals surface area contributed by atoms with Gasteiger partial charge in [-0.25, -0.2) is 0 Å². The highest BCUT2D eigenvalue weighted by Crippen LogP contribution is 2.14. The van der Waals surface area contributed by atoms with Crippen LogP contribution >= 0.6 is 0 Å². The van der Waals surface area contributed by atoms with Gasteiger partial charge in [-0.3, -0.25) is 0 Å². The van der Waals surface area contributed by atoms with Crippen molar-refractivity contribution in [2.24, 2.45) is 16.2 Å². The van der Waals surface area contributed by atoms with Crippen molar-refractivity contribution in [1.29, 1.82) is 0 Å². The summed E-state index contributed by atoms with van der Waals surface area (Å²) in [6, 6.07) is 13.7. The quantitative estimate of drug-likeness (QED) is 0.457. The number of aromatic hydroxyl groups is 2. The third-order valence-electron chi connectivity index (χ3n) is 2.11. The average Bonchev–Trinajstić information content (AvgIpc) is 2.54. The van der Waals surface area contributed by atoms with Gasteiger partial charge in [0, 0.05) is 0 Å². The van der Waals surface area contributed by atoms with Crippen LogP contribution in [-0.4, -0.2) is 17.3 Å². The fourth-order valence-electron chi connectivity index (χ4n) is 1.13. The highest BCUT2D eigenvalue weighted by molar-refractivity contribution is 5.29. The van der Waals surface area contributed by atoms with E-state index in [9.17, 15) is 0 Å². The second kappa shape index (κ2) is 16.5. The number of ether oxygens (including phenoxy) is 1. The van der Waals surface area contributed by atoms with Gasteiger partial charge in [-0.05, 0) is 59.6 Å². The first-order chi connectivity index (χ1) is 14.1. The highest BCUT2D eigenvalue weighted by atomic mass is 16.5. The number of phenols is 2. The molecule has 2 aromatic carbocycles. The normalized spacial score (nSPS) is 10.4. The van der Waals surface area contributed by atoms with E-state index >= 15 is 0 Å². The zero-order valence-corrected chi connectivity index (χ0v) is 23.4. The van der Waals surface area contributed by atoms with Crippen LogP contribution in [0.25, 0.3) is 0 Å². The first-order valence-electron chi connectivity index (χ1n) is 11.2. The van der Waals surface area contributed by atoms with Gasteiger partial charge in [-0.1, -0.05) is 101 Å². The first kappa shape index (κ1) is 34.5. The van der Waals surface area contributed by atoms with Gasteiger partial charge >= 0.3 is 0 Å². The van der Waals surface area contributed by atoms with Crippen LogP contribution in [0, 0.1) is 23.2 Å². The summed E-state index contributed by atoms with van der Waals surface area (Å²) in [5.41, 5.74) is 2.67. The van der Waals surface area contributed by atoms with Gasteiger partial charge in [-0.15, -0.1) is 0 Å². The number of benzene rings is 2. The van der Waals surface area contributed by atoms with Crippen LogP contribution in [0.15, 0.2) is 48.5 Å². The molecule has 2 rings (SSSR count). The summed E-state index contributed by atoms with van der Waals surface area (Å²) in [7, 11) is 1.59. The Labute approximate surface area is 199 Å². The standard InChI is InChI=1S/C7H8O2.C7H8O.3C5H12/c1-9-7-4-2-6(8)3-5-7;1-6-2-4-7(8)5-3-6;3*1-5(2,3)4/h2-5,8H,1H3;2-5,8H,1H3;3*1-4H3. The largest absolute Gasteiger partial charge is 0.508 e. The molecule has 0 saturated heterocycles. The fraction of sp³-hybridized carbons (Fsp3) is 0.586. The van der Waals surface area contributed by atoms with Crippen LogP contribution in [0.2, 0.25) is 0 Å². The Bertz CT molecular complexity index is 597. The zero-order valence-electron chi connectivity index (χ0n) is 23.4. The summed E-state index contributed by atoms with van der Waals surface area (Å²) in [6.45, 7) is 28.2. The Kier molecular flexibility index (Phi) is 17.7. The molecule has 0 amide bonds. The first-order valence-corrected chi connectivity index (χ1v) is 11.2. The molecule has 32 heavy (non-hydrogen) atoms. The summed E-state index contributed by atoms with van der Waals surface area (Å²) < 4.78 is 4.86. The molecule has 3 nitrogen and oxygen atoms in total. The maximum absolute atomic E-state index is 8.80. The van der Waals surface area contributed by atoms with Crippen LogP contribution in [0.4, 0.5) is 0 Å². The van der Waals surface area contributed by atoms with Crippen molar-refractivity contribution in [2.75, 3.05) is 7.11 Å². The molecule has 0 atom stereocenters. The van der Waals surface area contributed by atoms with Crippen LogP contribution in [0.1, 0.15) is 88.6 Å². The topological polar surface area (TPSA) is 49.7 Å². The highest BCUT2D eigenvalue weighted by Gasteiger charge is 1.96. The molecule has 0 aromatic heterocycles. The van der Waals surface area contributed by atoms with Crippen molar-refractivity contribution >= 4 is 0 Å². The molecule has 0 fully saturated rings. The minimum atomic E-state index is 0.260. The summed E-state index contributed by atoms with van der Waals surface area (Å²) in [6.07, 6.45) is 0. The molecule has 0 aliphatic rings. The van der Waals surface area contributed by atoms with E-state index in [1.54, 1.807) is 43.5 Å². The van der Waals surface area contributed by atoms with E-state index in [1.165, 1.54) is 5.56 Å². The predicted molar refractivity (Wildman–Crippen MR) is 143 cm³/mol. The van der Waals surface area contributed by atoms with Crippen LogP contribution in [0.3, 0.4) is 0 Å². The van der Waals surface area contributed by atoms with E-state index in [0.717, 1.165) is 5.75 Å². The monoisotopic (exact) mass is 448 g/mol. The van der Waals surface area contributed by atoms with Gasteiger partial charge < -0.3 is 14.9 Å². The molecule has 0 saturated carbocycles. The molecule has 186 valence electrons. The second-order valence-corrected chi connectivity index (χ2v) is 12.5. The Balaban J connectivity index is -0.000000339. The van der Waals surface area contributed by atoms with Crippen molar-refractivity contribution < 1.29 is 14.9 Å². The minimum absolute atomic E-state index is 0.260. The molecule has 0 aliphatic carbocycles. The molecule has 0 spiro atoms. The molecule has 3 heteroatoms. The van der Waals surface area contributed by atoms with Gasteiger partial charge in [0.25, 0.3) is 0 Å². The van der Waals surface area contributed by atoms with Gasteiger partial charge in [0.1, 0.15) is 17.2 Å². The van der Waals surface area contributed by atoms with Gasteiger partial charge in [0.05, 0.1) is 7.11 Å². The summed E-state index contributed by atoms with van der Waals surface area (Å²) in [4.78, 5) is 0. The van der Waals surface area contributed by atoms with Gasteiger partial charge in [0.15, 0.2) is 0 Å². The predicted octanol–water partition coefficient (Wildman–Crippen LogP) is 9.26. The lowest BCUT2D eigenvalue weighted by atomic mass is 10.0. The Hall–Kier alpha value is -2.16. The number of aryl methyl sites for hydroxylation is 1. The Morgan fingerprint density at radius 2 is 0.719 bits per heavy atom. The molecule has 0 radical (unpaired) electrons. The number of hydrogen-bond acceptors (Lipinski definition) is 3. The zero-order chi connectivity index (χ0) is 26.2. The molecule has 0 heterocycles. The number of phenolic OH excluding ortho intramolecular Hbond substituents is 2. The number of hydrogen-bond donors (Lipinski definition) is 2. The molecule has 0 aliphatic heterocycles. The molecule has 2 N–H and O–H groups in total. The van der Waals surface area contributed by atoms with E-state index in [2.05, 4.69) is 83.1 Å². The molecular formula is C29H52O3. The minimum Gasteiger partial charge on any atom is -0.508 e. The van der Waals surface area contributed by atoms with E-state index in [1.807, 2.05) is 19.1 Å². The number of methoxy groups -OCH3 is 1. The van der Waals surface area contributed by atoms with E-state index in [4.69, 9.17) is 14.9 Å². The van der Waals surface area contributed by atoms with Crippen LogP contribution < -0.4 is 4.74 Å². The third kappa shape index (κ3) is 51.0. The van der Waals surface area contributed by atoms with Gasteiger partial charge in [0.2, 0.25) is 0 Å². The summed E-state index contributed by atoms with van der Waals surface area (Å²) in [5.74, 6) is 1.35. The van der Waals surface area contributed by atoms with E-state index < -0.39 is 0 Å². The van der Waals surface area contributed by atoms with Crippen LogP contribution in [0.5, 0.6) is 17.2 Å². The summed E-state index contributed by atoms with van der Waals surface area (Å²) in [5, 5.41) is 17.6. The molecule has 2 aromatic rings. The van der Waals surface area contributed by atoms with Crippen molar-refractivity contribution in [2.45, 2.75) is 90.0 Å². The Morgan fingerprint density at radius 1 is 0.500 bits per heavy atom. The van der Waals surface area contributed by atoms with Crippen molar-refractivity contribution in [3.05, 3.63) is 54.1 Å². The SMILES string of the molecule is CC(C)(C)C.CC(C)(C)C.CC(C)(C)C.COc1ccc(O)cc1.Cc1ccc(O)cc1. The second-order valence-electron chi connectivity index (χ2n) is 12.5. The molecule has 0 bridgehead atoms. The van der Waals surface area contributed by atoms with Gasteiger partial charge in [-0.2, -0.15) is 0 Å². The van der Waals surface area contributed by atoms with Crippen molar-refractivity contribution in [3.63, 3.8) is 0 Å². The summed E-state index contributed by atoms with van der Waals surface area (Å²) >= 11 is 0. The smallest absolute Gasteiger partial charge is 0.119 e. The Morgan fingerprint density at radius 3 is 0.906 bits per heavy atom. The third-order valence-corrected chi connectivity index (χ3v) is 2.11. The average molecular weight is 449 g/mol. The van der Waals surface area contributed by atoms with Crippen molar-refractivity contribution in [1.82, 2.24) is 0 Å². The van der Waals surface area contributed by atoms with Crippen molar-refractivity contribution in [3.8, 4) is 17.2 Å².